The molecular weight excluding hydrogens is 306 g/mol. The van der Waals surface area contributed by atoms with E-state index in [-0.39, 0.29) is 30.4 Å². The van der Waals surface area contributed by atoms with Gasteiger partial charge in [-0.15, -0.1) is 12.4 Å². The predicted molar refractivity (Wildman–Crippen MR) is 85.8 cm³/mol. The van der Waals surface area contributed by atoms with Crippen molar-refractivity contribution in [2.24, 2.45) is 0 Å². The van der Waals surface area contributed by atoms with Crippen LogP contribution in [0.4, 0.5) is 10.5 Å². The Balaban J connectivity index is 0.00000176. The molecule has 7 heteroatoms. The quantitative estimate of drug-likeness (QED) is 0.856. The lowest BCUT2D eigenvalue weighted by Gasteiger charge is -2.28. The topological polar surface area (TPSA) is 61.9 Å². The maximum Gasteiger partial charge on any atom is 0.338 e. The molecular formula is C15H20ClN3O3. The van der Waals surface area contributed by atoms with Crippen LogP contribution in [0.3, 0.4) is 0 Å². The summed E-state index contributed by atoms with van der Waals surface area (Å²) in [5.41, 5.74) is 1.23. The molecule has 3 rings (SSSR count). The van der Waals surface area contributed by atoms with Crippen LogP contribution in [0, 0.1) is 0 Å². The van der Waals surface area contributed by atoms with Crippen LogP contribution >= 0.6 is 12.4 Å². The molecule has 2 heterocycles. The summed E-state index contributed by atoms with van der Waals surface area (Å²) in [7, 11) is 0. The van der Waals surface area contributed by atoms with Gasteiger partial charge in [-0.3, -0.25) is 4.90 Å². The van der Waals surface area contributed by atoms with Crippen molar-refractivity contribution < 1.29 is 14.3 Å². The number of nitrogens with one attached hydrogen (secondary N) is 1. The maximum atomic E-state index is 12.5. The molecule has 0 radical (unpaired) electrons. The monoisotopic (exact) mass is 325 g/mol. The number of fused-ring (bicyclic) bond motifs is 1. The minimum Gasteiger partial charge on any atom is -0.462 e. The molecule has 1 atom stereocenters. The van der Waals surface area contributed by atoms with Crippen molar-refractivity contribution in [2.75, 3.05) is 37.7 Å². The number of hydrogen-bond donors (Lipinski definition) is 1. The number of benzene rings is 1. The van der Waals surface area contributed by atoms with Crippen LogP contribution in [-0.4, -0.2) is 55.7 Å². The molecule has 1 N–H and O–H groups in total. The Hall–Kier alpha value is -1.79. The normalized spacial score (nSPS) is 20.4. The van der Waals surface area contributed by atoms with E-state index >= 15 is 0 Å². The molecule has 2 fully saturated rings. The largest absolute Gasteiger partial charge is 0.462 e. The van der Waals surface area contributed by atoms with Crippen LogP contribution in [0.15, 0.2) is 24.3 Å². The molecule has 0 bridgehead atoms. The van der Waals surface area contributed by atoms with E-state index in [1.807, 2.05) is 11.0 Å². The third-order valence-electron chi connectivity index (χ3n) is 3.89. The first-order valence-corrected chi connectivity index (χ1v) is 7.26. The summed E-state index contributed by atoms with van der Waals surface area (Å²) in [5, 5.41) is 3.30. The first-order valence-electron chi connectivity index (χ1n) is 7.26. The molecule has 1 aromatic carbocycles. The average Bonchev–Trinajstić information content (AvgIpc) is 2.85. The SMILES string of the molecule is CCOC(=O)c1cccc(N2CC3CNCCN3C2=O)c1.Cl. The first-order chi connectivity index (χ1) is 10.2. The van der Waals surface area contributed by atoms with Gasteiger partial charge in [0.1, 0.15) is 0 Å². The third-order valence-corrected chi connectivity index (χ3v) is 3.89. The fourth-order valence-corrected chi connectivity index (χ4v) is 2.85. The number of nitrogens with zero attached hydrogens (tertiary/aromatic N) is 2. The summed E-state index contributed by atoms with van der Waals surface area (Å²) < 4.78 is 5.00. The minimum atomic E-state index is -0.356. The molecule has 0 aliphatic carbocycles. The Labute approximate surface area is 135 Å². The molecule has 0 saturated carbocycles. The zero-order valence-corrected chi connectivity index (χ0v) is 13.3. The summed E-state index contributed by atoms with van der Waals surface area (Å²) in [6, 6.07) is 7.29. The van der Waals surface area contributed by atoms with Gasteiger partial charge in [0.05, 0.1) is 18.2 Å². The second kappa shape index (κ2) is 6.98. The average molecular weight is 326 g/mol. The molecule has 6 nitrogen and oxygen atoms in total. The number of ether oxygens (including phenoxy) is 1. The molecule has 2 aliphatic heterocycles. The predicted octanol–water partition coefficient (Wildman–Crippen LogP) is 1.50. The van der Waals surface area contributed by atoms with Crippen LogP contribution in [0.25, 0.3) is 0 Å². The summed E-state index contributed by atoms with van der Waals surface area (Å²) in [6.07, 6.45) is 0. The van der Waals surface area contributed by atoms with Crippen LogP contribution in [0.1, 0.15) is 17.3 Å². The lowest BCUT2D eigenvalue weighted by atomic mass is 10.2. The van der Waals surface area contributed by atoms with Gasteiger partial charge in [-0.1, -0.05) is 6.07 Å². The second-order valence-electron chi connectivity index (χ2n) is 5.22. The molecule has 120 valence electrons. The smallest absolute Gasteiger partial charge is 0.338 e. The number of hydrogen-bond acceptors (Lipinski definition) is 4. The van der Waals surface area contributed by atoms with Crippen molar-refractivity contribution in [3.8, 4) is 0 Å². The second-order valence-corrected chi connectivity index (χ2v) is 5.22. The molecule has 1 aromatic rings. The van der Waals surface area contributed by atoms with Gasteiger partial charge in [-0.05, 0) is 25.1 Å². The van der Waals surface area contributed by atoms with Gasteiger partial charge < -0.3 is 15.0 Å². The fourth-order valence-electron chi connectivity index (χ4n) is 2.85. The zero-order chi connectivity index (χ0) is 14.8. The summed E-state index contributed by atoms with van der Waals surface area (Å²) in [4.78, 5) is 27.9. The molecule has 2 amide bonds. The zero-order valence-electron chi connectivity index (χ0n) is 12.4. The maximum absolute atomic E-state index is 12.5. The highest BCUT2D eigenvalue weighted by atomic mass is 35.5. The number of anilines is 1. The number of esters is 1. The van der Waals surface area contributed by atoms with E-state index in [0.717, 1.165) is 25.3 Å². The molecule has 1 unspecified atom stereocenters. The van der Waals surface area contributed by atoms with Gasteiger partial charge in [-0.25, -0.2) is 9.59 Å². The number of piperazine rings is 1. The van der Waals surface area contributed by atoms with E-state index < -0.39 is 0 Å². The number of urea groups is 1. The van der Waals surface area contributed by atoms with Crippen LogP contribution < -0.4 is 10.2 Å². The van der Waals surface area contributed by atoms with E-state index in [1.54, 1.807) is 30.0 Å². The number of halogens is 1. The highest BCUT2D eigenvalue weighted by Gasteiger charge is 2.39. The van der Waals surface area contributed by atoms with E-state index in [9.17, 15) is 9.59 Å². The van der Waals surface area contributed by atoms with Crippen LogP contribution in [-0.2, 0) is 4.74 Å². The van der Waals surface area contributed by atoms with E-state index in [1.165, 1.54) is 0 Å². The number of carbonyl (C=O) groups is 2. The van der Waals surface area contributed by atoms with Crippen molar-refractivity contribution in [3.05, 3.63) is 29.8 Å². The summed E-state index contributed by atoms with van der Waals surface area (Å²) in [5.74, 6) is -0.356. The first kappa shape index (κ1) is 16.6. The van der Waals surface area contributed by atoms with Crippen molar-refractivity contribution in [2.45, 2.75) is 13.0 Å². The van der Waals surface area contributed by atoms with Gasteiger partial charge in [0.15, 0.2) is 0 Å². The van der Waals surface area contributed by atoms with E-state index in [2.05, 4.69) is 5.32 Å². The Morgan fingerprint density at radius 2 is 2.27 bits per heavy atom. The molecule has 22 heavy (non-hydrogen) atoms. The summed E-state index contributed by atoms with van der Waals surface area (Å²) >= 11 is 0. The van der Waals surface area contributed by atoms with Crippen LogP contribution in [0.5, 0.6) is 0 Å². The van der Waals surface area contributed by atoms with Gasteiger partial charge in [0.2, 0.25) is 0 Å². The fraction of sp³-hybridized carbons (Fsp3) is 0.467. The Morgan fingerprint density at radius 1 is 1.45 bits per heavy atom. The van der Waals surface area contributed by atoms with Crippen molar-refractivity contribution in [3.63, 3.8) is 0 Å². The van der Waals surface area contributed by atoms with Crippen molar-refractivity contribution in [1.29, 1.82) is 0 Å². The third kappa shape index (κ3) is 3.03. The Kier molecular flexibility index (Phi) is 5.26. The van der Waals surface area contributed by atoms with E-state index in [0.29, 0.717) is 18.7 Å². The van der Waals surface area contributed by atoms with Gasteiger partial charge in [-0.2, -0.15) is 0 Å². The van der Waals surface area contributed by atoms with Gasteiger partial charge in [0, 0.05) is 31.9 Å². The Bertz CT molecular complexity index is 567. The van der Waals surface area contributed by atoms with E-state index in [4.69, 9.17) is 4.74 Å². The highest BCUT2D eigenvalue weighted by Crippen LogP contribution is 2.25. The minimum absolute atomic E-state index is 0. The number of rotatable bonds is 3. The Morgan fingerprint density at radius 3 is 3.00 bits per heavy atom. The molecule has 2 aliphatic rings. The molecule has 0 spiro atoms. The standard InChI is InChI=1S/C15H19N3O3.ClH/c1-2-21-14(19)11-4-3-5-12(8-11)18-10-13-9-16-6-7-17(13)15(18)20;/h3-5,8,13,16H,2,6-7,9-10H2,1H3;1H. The molecule has 2 saturated heterocycles. The van der Waals surface area contributed by atoms with Crippen molar-refractivity contribution >= 4 is 30.1 Å². The van der Waals surface area contributed by atoms with Crippen molar-refractivity contribution in [1.82, 2.24) is 10.2 Å². The lowest BCUT2D eigenvalue weighted by molar-refractivity contribution is 0.0526. The highest BCUT2D eigenvalue weighted by molar-refractivity contribution is 5.97. The van der Waals surface area contributed by atoms with Gasteiger partial charge in [0.25, 0.3) is 0 Å². The number of amides is 2. The molecule has 0 aromatic heterocycles. The number of carbonyl (C=O) groups excluding carboxylic acids is 2. The summed E-state index contributed by atoms with van der Waals surface area (Å²) in [6.45, 7) is 5.15. The lowest BCUT2D eigenvalue weighted by Crippen LogP contribution is -2.49. The van der Waals surface area contributed by atoms with Crippen LogP contribution in [0.2, 0.25) is 0 Å². The van der Waals surface area contributed by atoms with Gasteiger partial charge >= 0.3 is 12.0 Å².